The lowest BCUT2D eigenvalue weighted by Gasteiger charge is -2.08. The second-order valence-electron chi connectivity index (χ2n) is 3.61. The van der Waals surface area contributed by atoms with Crippen LogP contribution >= 0.6 is 15.9 Å². The molecule has 4 heteroatoms. The summed E-state index contributed by atoms with van der Waals surface area (Å²) in [6, 6.07) is 9.70. The molecule has 2 rings (SSSR count). The highest BCUT2D eigenvalue weighted by Crippen LogP contribution is 2.31. The zero-order chi connectivity index (χ0) is 12.3. The Morgan fingerprint density at radius 2 is 2.06 bits per heavy atom. The van der Waals surface area contributed by atoms with Crippen LogP contribution < -0.4 is 4.74 Å². The van der Waals surface area contributed by atoms with Gasteiger partial charge in [0.15, 0.2) is 6.79 Å². The maximum Gasteiger partial charge on any atom is 0.188 e. The second-order valence-corrected chi connectivity index (χ2v) is 4.46. The van der Waals surface area contributed by atoms with Gasteiger partial charge in [0.25, 0.3) is 0 Å². The quantitative estimate of drug-likeness (QED) is 0.799. The first kappa shape index (κ1) is 12.2. The average Bonchev–Trinajstić information content (AvgIpc) is 2.75. The van der Waals surface area contributed by atoms with Gasteiger partial charge < -0.3 is 13.9 Å². The number of aryl methyl sites for hydroxylation is 1. The first-order chi connectivity index (χ1) is 8.20. The van der Waals surface area contributed by atoms with Gasteiger partial charge >= 0.3 is 0 Å². The highest BCUT2D eigenvalue weighted by molar-refractivity contribution is 9.10. The first-order valence-electron chi connectivity index (χ1n) is 5.19. The first-order valence-corrected chi connectivity index (χ1v) is 5.98. The van der Waals surface area contributed by atoms with Crippen LogP contribution in [0.1, 0.15) is 5.76 Å². The maximum absolute atomic E-state index is 5.57. The summed E-state index contributed by atoms with van der Waals surface area (Å²) in [6.45, 7) is 2.14. The summed E-state index contributed by atoms with van der Waals surface area (Å²) in [5, 5.41) is 0. The van der Waals surface area contributed by atoms with Gasteiger partial charge in [0.05, 0.1) is 4.47 Å². The normalized spacial score (nSPS) is 10.5. The number of methoxy groups -OCH3 is 1. The molecule has 1 aromatic heterocycles. The molecule has 1 aromatic carbocycles. The fourth-order valence-corrected chi connectivity index (χ4v) is 1.84. The lowest BCUT2D eigenvalue weighted by atomic mass is 10.1. The summed E-state index contributed by atoms with van der Waals surface area (Å²) in [7, 11) is 1.59. The molecule has 0 fully saturated rings. The Kier molecular flexibility index (Phi) is 3.86. The van der Waals surface area contributed by atoms with Crippen LogP contribution in [0.25, 0.3) is 11.3 Å². The number of benzene rings is 1. The molecule has 0 saturated carbocycles. The predicted molar refractivity (Wildman–Crippen MR) is 69.1 cm³/mol. The summed E-state index contributed by atoms with van der Waals surface area (Å²) in [5.74, 6) is 2.46. The third-order valence-electron chi connectivity index (χ3n) is 2.29. The van der Waals surface area contributed by atoms with Crippen molar-refractivity contribution in [2.75, 3.05) is 13.9 Å². The van der Waals surface area contributed by atoms with Crippen LogP contribution in [0.3, 0.4) is 0 Å². The molecule has 0 atom stereocenters. The molecule has 1 heterocycles. The zero-order valence-electron chi connectivity index (χ0n) is 9.70. The number of halogens is 1. The van der Waals surface area contributed by atoms with Crippen molar-refractivity contribution in [1.29, 1.82) is 0 Å². The zero-order valence-corrected chi connectivity index (χ0v) is 11.3. The highest BCUT2D eigenvalue weighted by atomic mass is 79.9. The highest BCUT2D eigenvalue weighted by Gasteiger charge is 2.07. The van der Waals surface area contributed by atoms with Crippen molar-refractivity contribution < 1.29 is 13.9 Å². The van der Waals surface area contributed by atoms with E-state index in [2.05, 4.69) is 15.9 Å². The minimum atomic E-state index is 0.221. The van der Waals surface area contributed by atoms with E-state index in [0.29, 0.717) is 0 Å². The maximum atomic E-state index is 5.57. The Bertz CT molecular complexity index is 505. The van der Waals surface area contributed by atoms with Crippen molar-refractivity contribution in [1.82, 2.24) is 0 Å². The molecule has 0 bridgehead atoms. The number of ether oxygens (including phenoxy) is 2. The van der Waals surface area contributed by atoms with Gasteiger partial charge in [-0.1, -0.05) is 0 Å². The number of hydrogen-bond donors (Lipinski definition) is 0. The molecular formula is C13H13BrO3. The summed E-state index contributed by atoms with van der Waals surface area (Å²) in [5.41, 5.74) is 0.979. The Labute approximate surface area is 108 Å². The molecule has 2 aromatic rings. The predicted octanol–water partition coefficient (Wildman–Crippen LogP) is 4.00. The molecule has 0 amide bonds. The topological polar surface area (TPSA) is 31.6 Å². The fourth-order valence-electron chi connectivity index (χ4n) is 1.48. The lowest BCUT2D eigenvalue weighted by molar-refractivity contribution is 0.0506. The molecule has 0 unspecified atom stereocenters. The standard InChI is InChI=1S/C13H13BrO3/c1-9-3-6-12(17-9)10-4-5-11(14)13(7-10)16-8-15-2/h3-7H,8H2,1-2H3. The van der Waals surface area contributed by atoms with Crippen LogP contribution in [0.5, 0.6) is 5.75 Å². The molecule has 0 N–H and O–H groups in total. The van der Waals surface area contributed by atoms with Crippen molar-refractivity contribution >= 4 is 15.9 Å². The van der Waals surface area contributed by atoms with E-state index >= 15 is 0 Å². The summed E-state index contributed by atoms with van der Waals surface area (Å²) >= 11 is 3.43. The van der Waals surface area contributed by atoms with E-state index in [-0.39, 0.29) is 6.79 Å². The van der Waals surface area contributed by atoms with Gasteiger partial charge in [0, 0.05) is 12.7 Å². The van der Waals surface area contributed by atoms with Crippen molar-refractivity contribution in [3.63, 3.8) is 0 Å². The minimum absolute atomic E-state index is 0.221. The molecule has 90 valence electrons. The van der Waals surface area contributed by atoms with Crippen LogP contribution in [0, 0.1) is 6.92 Å². The van der Waals surface area contributed by atoms with Gasteiger partial charge in [-0.05, 0) is 53.2 Å². The van der Waals surface area contributed by atoms with Crippen LogP contribution in [0.2, 0.25) is 0 Å². The van der Waals surface area contributed by atoms with Crippen molar-refractivity contribution in [3.05, 3.63) is 40.6 Å². The van der Waals surface area contributed by atoms with Crippen molar-refractivity contribution in [3.8, 4) is 17.1 Å². The SMILES string of the molecule is COCOc1cc(-c2ccc(C)o2)ccc1Br. The van der Waals surface area contributed by atoms with E-state index in [1.54, 1.807) is 7.11 Å². The van der Waals surface area contributed by atoms with Crippen LogP contribution in [-0.2, 0) is 4.74 Å². The number of hydrogen-bond acceptors (Lipinski definition) is 3. The van der Waals surface area contributed by atoms with Gasteiger partial charge in [-0.15, -0.1) is 0 Å². The monoisotopic (exact) mass is 296 g/mol. The van der Waals surface area contributed by atoms with Gasteiger partial charge in [-0.25, -0.2) is 0 Å². The Hall–Kier alpha value is -1.26. The van der Waals surface area contributed by atoms with E-state index in [4.69, 9.17) is 13.9 Å². The van der Waals surface area contributed by atoms with E-state index < -0.39 is 0 Å². The van der Waals surface area contributed by atoms with Gasteiger partial charge in [-0.2, -0.15) is 0 Å². The largest absolute Gasteiger partial charge is 0.466 e. The Morgan fingerprint density at radius 1 is 1.24 bits per heavy atom. The second kappa shape index (κ2) is 5.38. The summed E-state index contributed by atoms with van der Waals surface area (Å²) in [6.07, 6.45) is 0. The van der Waals surface area contributed by atoms with E-state index in [9.17, 15) is 0 Å². The fraction of sp³-hybridized carbons (Fsp3) is 0.231. The molecule has 0 aliphatic heterocycles. The van der Waals surface area contributed by atoms with E-state index in [1.807, 2.05) is 37.3 Å². The Balaban J connectivity index is 2.30. The smallest absolute Gasteiger partial charge is 0.188 e. The molecular weight excluding hydrogens is 284 g/mol. The molecule has 0 aliphatic rings. The molecule has 3 nitrogen and oxygen atoms in total. The van der Waals surface area contributed by atoms with Gasteiger partial charge in [-0.3, -0.25) is 0 Å². The third kappa shape index (κ3) is 2.90. The lowest BCUT2D eigenvalue weighted by Crippen LogP contribution is -1.99. The van der Waals surface area contributed by atoms with Crippen molar-refractivity contribution in [2.45, 2.75) is 6.92 Å². The van der Waals surface area contributed by atoms with Gasteiger partial charge in [0.1, 0.15) is 17.3 Å². The van der Waals surface area contributed by atoms with E-state index in [0.717, 1.165) is 27.3 Å². The average molecular weight is 297 g/mol. The van der Waals surface area contributed by atoms with E-state index in [1.165, 1.54) is 0 Å². The number of rotatable bonds is 4. The van der Waals surface area contributed by atoms with Crippen LogP contribution in [-0.4, -0.2) is 13.9 Å². The molecule has 0 aliphatic carbocycles. The number of furan rings is 1. The van der Waals surface area contributed by atoms with Crippen molar-refractivity contribution in [2.24, 2.45) is 0 Å². The molecule has 0 spiro atoms. The summed E-state index contributed by atoms with van der Waals surface area (Å²) in [4.78, 5) is 0. The van der Waals surface area contributed by atoms with Crippen LogP contribution in [0.4, 0.5) is 0 Å². The third-order valence-corrected chi connectivity index (χ3v) is 2.94. The Morgan fingerprint density at radius 3 is 2.71 bits per heavy atom. The van der Waals surface area contributed by atoms with Gasteiger partial charge in [0.2, 0.25) is 0 Å². The van der Waals surface area contributed by atoms with Crippen LogP contribution in [0.15, 0.2) is 39.2 Å². The molecule has 17 heavy (non-hydrogen) atoms. The summed E-state index contributed by atoms with van der Waals surface area (Å²) < 4.78 is 16.8. The molecule has 0 saturated heterocycles. The minimum Gasteiger partial charge on any atom is -0.466 e. The molecule has 0 radical (unpaired) electrons.